The number of anilines is 1. The number of amides is 3. The fourth-order valence-electron chi connectivity index (χ4n) is 6.15. The van der Waals surface area contributed by atoms with E-state index in [2.05, 4.69) is 20.5 Å². The van der Waals surface area contributed by atoms with Crippen LogP contribution in [0, 0.1) is 18.8 Å². The molecule has 2 aromatic heterocycles. The van der Waals surface area contributed by atoms with Crippen molar-refractivity contribution in [1.82, 2.24) is 20.5 Å². The summed E-state index contributed by atoms with van der Waals surface area (Å²) < 4.78 is 5.35. The van der Waals surface area contributed by atoms with E-state index in [0.717, 1.165) is 35.1 Å². The van der Waals surface area contributed by atoms with Crippen molar-refractivity contribution >= 4 is 34.5 Å². The van der Waals surface area contributed by atoms with Crippen molar-refractivity contribution in [2.24, 2.45) is 17.6 Å². The SMILES string of the molecule is Cc1cnccc1-c1ccc(C[C@@H](C(N)=O)N(C(=O)C2CCC(CNC(=O)OC(C)(C)C)CC2)c2ccc3c(=O)[nH][nH]c3c2)cc1. The summed E-state index contributed by atoms with van der Waals surface area (Å²) in [6, 6.07) is 13.9. The van der Waals surface area contributed by atoms with Gasteiger partial charge in [-0.25, -0.2) is 4.79 Å². The molecule has 11 heteroatoms. The Balaban J connectivity index is 1.37. The van der Waals surface area contributed by atoms with Gasteiger partial charge in [0.25, 0.3) is 5.56 Å². The Bertz CT molecular complexity index is 1760. The van der Waals surface area contributed by atoms with Gasteiger partial charge in [0.2, 0.25) is 11.8 Å². The van der Waals surface area contributed by atoms with Crippen molar-refractivity contribution in [2.75, 3.05) is 11.4 Å². The van der Waals surface area contributed by atoms with Crippen LogP contribution < -0.4 is 21.5 Å². The first-order valence-corrected chi connectivity index (χ1v) is 15.7. The highest BCUT2D eigenvalue weighted by Crippen LogP contribution is 2.33. The van der Waals surface area contributed by atoms with Gasteiger partial charge in [-0.1, -0.05) is 24.3 Å². The maximum atomic E-state index is 14.3. The van der Waals surface area contributed by atoms with Crippen LogP contribution in [0.25, 0.3) is 22.0 Å². The highest BCUT2D eigenvalue weighted by atomic mass is 16.6. The first kappa shape index (κ1) is 32.5. The number of H-pyrrole nitrogens is 2. The first-order valence-electron chi connectivity index (χ1n) is 15.7. The van der Waals surface area contributed by atoms with Crippen LogP contribution in [0.15, 0.2) is 65.7 Å². The minimum atomic E-state index is -0.962. The van der Waals surface area contributed by atoms with E-state index >= 15 is 0 Å². The Morgan fingerprint density at radius 2 is 1.76 bits per heavy atom. The third kappa shape index (κ3) is 7.64. The van der Waals surface area contributed by atoms with Gasteiger partial charge in [0.15, 0.2) is 0 Å². The predicted octanol–water partition coefficient (Wildman–Crippen LogP) is 4.99. The molecule has 46 heavy (non-hydrogen) atoms. The molecule has 0 saturated heterocycles. The molecule has 0 aliphatic heterocycles. The lowest BCUT2D eigenvalue weighted by atomic mass is 9.81. The highest BCUT2D eigenvalue weighted by molar-refractivity contribution is 6.03. The molecule has 2 aromatic carbocycles. The summed E-state index contributed by atoms with van der Waals surface area (Å²) in [7, 11) is 0. The molecule has 0 spiro atoms. The molecular weight excluding hydrogens is 584 g/mol. The number of hydrogen-bond acceptors (Lipinski definition) is 6. The maximum Gasteiger partial charge on any atom is 0.407 e. The van der Waals surface area contributed by atoms with E-state index in [4.69, 9.17) is 10.5 Å². The number of nitrogens with one attached hydrogen (secondary N) is 3. The quantitative estimate of drug-likeness (QED) is 0.205. The molecule has 5 N–H and O–H groups in total. The largest absolute Gasteiger partial charge is 0.444 e. The van der Waals surface area contributed by atoms with Gasteiger partial charge in [-0.3, -0.25) is 34.5 Å². The van der Waals surface area contributed by atoms with Gasteiger partial charge in [-0.2, -0.15) is 0 Å². The Morgan fingerprint density at radius 3 is 2.41 bits per heavy atom. The Morgan fingerprint density at radius 1 is 1.04 bits per heavy atom. The maximum absolute atomic E-state index is 14.3. The lowest BCUT2D eigenvalue weighted by Gasteiger charge is -2.36. The van der Waals surface area contributed by atoms with E-state index in [0.29, 0.717) is 36.0 Å². The first-order chi connectivity index (χ1) is 21.9. The Kier molecular flexibility index (Phi) is 9.60. The molecule has 242 valence electrons. The van der Waals surface area contributed by atoms with Gasteiger partial charge in [-0.15, -0.1) is 0 Å². The molecule has 2 heterocycles. The average Bonchev–Trinajstić information content (AvgIpc) is 3.39. The second-order valence-electron chi connectivity index (χ2n) is 13.1. The fourth-order valence-corrected chi connectivity index (χ4v) is 6.15. The van der Waals surface area contributed by atoms with Crippen molar-refractivity contribution in [3.8, 4) is 11.1 Å². The topological polar surface area (TPSA) is 163 Å². The lowest BCUT2D eigenvalue weighted by Crippen LogP contribution is -2.52. The number of pyridine rings is 1. The van der Waals surface area contributed by atoms with Gasteiger partial charge in [0, 0.05) is 37.0 Å². The third-order valence-electron chi connectivity index (χ3n) is 8.56. The molecular formula is C35H42N6O5. The van der Waals surface area contributed by atoms with Crippen molar-refractivity contribution < 1.29 is 19.1 Å². The van der Waals surface area contributed by atoms with Gasteiger partial charge in [-0.05, 0) is 106 Å². The number of aryl methyl sites for hydroxylation is 1. The summed E-state index contributed by atoms with van der Waals surface area (Å²) >= 11 is 0. The van der Waals surface area contributed by atoms with Crippen LogP contribution in [0.1, 0.15) is 57.6 Å². The average molecular weight is 627 g/mol. The van der Waals surface area contributed by atoms with Crippen LogP contribution in [0.5, 0.6) is 0 Å². The number of nitrogens with zero attached hydrogens (tertiary/aromatic N) is 2. The summed E-state index contributed by atoms with van der Waals surface area (Å²) in [6.07, 6.45) is 6.01. The predicted molar refractivity (Wildman–Crippen MR) is 177 cm³/mol. The number of aromatic nitrogens is 3. The van der Waals surface area contributed by atoms with Crippen LogP contribution in [-0.2, 0) is 20.7 Å². The molecule has 0 unspecified atom stereocenters. The summed E-state index contributed by atoms with van der Waals surface area (Å²) in [5, 5.41) is 8.71. The van der Waals surface area contributed by atoms with Gasteiger partial charge in [0.05, 0.1) is 10.9 Å². The molecule has 1 aliphatic rings. The Labute approximate surface area is 267 Å². The van der Waals surface area contributed by atoms with Crippen LogP contribution in [0.2, 0.25) is 0 Å². The van der Waals surface area contributed by atoms with Gasteiger partial charge in [0.1, 0.15) is 11.6 Å². The van der Waals surface area contributed by atoms with Crippen molar-refractivity contribution in [1.29, 1.82) is 0 Å². The second kappa shape index (κ2) is 13.6. The minimum Gasteiger partial charge on any atom is -0.444 e. The zero-order valence-electron chi connectivity index (χ0n) is 26.8. The number of rotatable bonds is 9. The lowest BCUT2D eigenvalue weighted by molar-refractivity contribution is -0.127. The number of primary amides is 1. The normalized spacial score (nSPS) is 17.3. The van der Waals surface area contributed by atoms with Crippen molar-refractivity contribution in [3.05, 3.63) is 82.4 Å². The summed E-state index contributed by atoms with van der Waals surface area (Å²) in [4.78, 5) is 57.5. The number of carbonyl (C=O) groups excluding carboxylic acids is 3. The number of fused-ring (bicyclic) bond motifs is 1. The van der Waals surface area contributed by atoms with E-state index in [1.807, 2.05) is 64.2 Å². The highest BCUT2D eigenvalue weighted by Gasteiger charge is 2.36. The van der Waals surface area contributed by atoms with Crippen molar-refractivity contribution in [2.45, 2.75) is 71.4 Å². The van der Waals surface area contributed by atoms with Crippen LogP contribution >= 0.6 is 0 Å². The third-order valence-corrected chi connectivity index (χ3v) is 8.56. The molecule has 3 amide bonds. The molecule has 11 nitrogen and oxygen atoms in total. The van der Waals surface area contributed by atoms with E-state index in [1.165, 1.54) is 4.90 Å². The number of carbonyl (C=O) groups is 3. The molecule has 5 rings (SSSR count). The fraction of sp³-hybridized carbons (Fsp3) is 0.400. The van der Waals surface area contributed by atoms with Gasteiger partial charge < -0.3 is 15.8 Å². The minimum absolute atomic E-state index is 0.191. The standard InChI is InChI=1S/C35H42N6O5/c1-21-19-37-16-15-27(21)24-9-5-22(6-10-24)17-30(31(36)42)41(26-13-14-28-29(18-26)39-40-32(28)43)33(44)25-11-7-23(8-12-25)20-38-34(45)46-35(2,3)4/h5-6,9-10,13-16,18-19,23,25,30H,7-8,11-12,17,20H2,1-4H3,(H2,36,42)(H,38,45)(H2,39,40,43)/t23?,25?,30-/m0/s1. The van der Waals surface area contributed by atoms with E-state index in [-0.39, 0.29) is 29.7 Å². The van der Waals surface area contributed by atoms with Crippen LogP contribution in [-0.4, -0.2) is 51.3 Å². The monoisotopic (exact) mass is 626 g/mol. The smallest absolute Gasteiger partial charge is 0.407 e. The number of ether oxygens (including phenoxy) is 1. The van der Waals surface area contributed by atoms with E-state index < -0.39 is 23.6 Å². The van der Waals surface area contributed by atoms with Crippen LogP contribution in [0.3, 0.4) is 0 Å². The number of alkyl carbamates (subject to hydrolysis) is 1. The molecule has 4 aromatic rings. The number of nitrogens with two attached hydrogens (primary N) is 1. The molecule has 1 aliphatic carbocycles. The molecule has 1 atom stereocenters. The molecule has 1 saturated carbocycles. The summed E-state index contributed by atoms with van der Waals surface area (Å²) in [5.74, 6) is -0.942. The molecule has 0 bridgehead atoms. The molecule has 0 radical (unpaired) electrons. The zero-order valence-corrected chi connectivity index (χ0v) is 26.8. The second-order valence-corrected chi connectivity index (χ2v) is 13.1. The number of benzene rings is 2. The number of aromatic amines is 2. The van der Waals surface area contributed by atoms with Gasteiger partial charge >= 0.3 is 6.09 Å². The van der Waals surface area contributed by atoms with Crippen molar-refractivity contribution in [3.63, 3.8) is 0 Å². The van der Waals surface area contributed by atoms with E-state index in [1.54, 1.807) is 24.4 Å². The van der Waals surface area contributed by atoms with E-state index in [9.17, 15) is 19.2 Å². The number of hydrogen-bond donors (Lipinski definition) is 4. The molecule has 1 fully saturated rings. The summed E-state index contributed by atoms with van der Waals surface area (Å²) in [6.45, 7) is 7.92. The summed E-state index contributed by atoms with van der Waals surface area (Å²) in [5.41, 5.74) is 10.2. The van der Waals surface area contributed by atoms with Crippen LogP contribution in [0.4, 0.5) is 10.5 Å². The Hall–Kier alpha value is -4.93. The zero-order chi connectivity index (χ0) is 33.0.